The summed E-state index contributed by atoms with van der Waals surface area (Å²) in [5, 5.41) is 2.23. The zero-order chi connectivity index (χ0) is 41.5. The molecule has 11 aromatic rings. The molecule has 0 saturated heterocycles. The molecule has 0 radical (unpaired) electrons. The van der Waals surface area contributed by atoms with Crippen molar-refractivity contribution in [1.29, 1.82) is 0 Å². The number of fused-ring (bicyclic) bond motifs is 13. The van der Waals surface area contributed by atoms with E-state index >= 15 is 0 Å². The van der Waals surface area contributed by atoms with E-state index in [4.69, 9.17) is 4.42 Å². The van der Waals surface area contributed by atoms with Gasteiger partial charge < -0.3 is 9.32 Å². The maximum absolute atomic E-state index is 6.93. The largest absolute Gasteiger partial charge is 0.455 e. The van der Waals surface area contributed by atoms with Crippen molar-refractivity contribution in [2.24, 2.45) is 0 Å². The van der Waals surface area contributed by atoms with E-state index in [1.807, 2.05) is 0 Å². The lowest BCUT2D eigenvalue weighted by Crippen LogP contribution is -2.26. The van der Waals surface area contributed by atoms with E-state index in [0.717, 1.165) is 61.3 Å². The zero-order valence-corrected chi connectivity index (χ0v) is 34.4. The molecule has 1 heterocycles. The Kier molecular flexibility index (Phi) is 7.85. The van der Waals surface area contributed by atoms with Gasteiger partial charge in [-0.25, -0.2) is 0 Å². The first kappa shape index (κ1) is 35.5. The molecule has 63 heavy (non-hydrogen) atoms. The van der Waals surface area contributed by atoms with Crippen LogP contribution in [0.4, 0.5) is 17.1 Å². The standard InChI is InChI=1S/C61H39NO/c1-4-18-40(19-5-1)42-36-37-49-48-26-10-12-32-53(48)61(56(49)39-42)54-33-13-11-27-52(54)58-55(61)34-17-35-57(58)62(44-23-8-3-9-24-44)45-25-14-22-43(38-45)47-29-16-31-51-50-30-15-28-46(59(50)63-60(47)51)41-20-6-2-7-21-41/h1-39H. The lowest BCUT2D eigenvalue weighted by atomic mass is 9.70. The monoisotopic (exact) mass is 801 g/mol. The Morgan fingerprint density at radius 1 is 0.302 bits per heavy atom. The Morgan fingerprint density at radius 2 is 0.810 bits per heavy atom. The van der Waals surface area contributed by atoms with Crippen molar-refractivity contribution in [3.8, 4) is 55.6 Å². The minimum Gasteiger partial charge on any atom is -0.455 e. The van der Waals surface area contributed by atoms with Gasteiger partial charge in [-0.3, -0.25) is 0 Å². The molecule has 13 rings (SSSR count). The summed E-state index contributed by atoms with van der Waals surface area (Å²) in [4.78, 5) is 2.45. The topological polar surface area (TPSA) is 16.4 Å². The van der Waals surface area contributed by atoms with Gasteiger partial charge in [-0.2, -0.15) is 0 Å². The van der Waals surface area contributed by atoms with Gasteiger partial charge in [-0.1, -0.05) is 200 Å². The SMILES string of the molecule is c1ccc(-c2ccc3c(c2)C2(c4ccccc4-3)c3ccccc3-c3c(N(c4ccccc4)c4cccc(-c5cccc6c5oc5c(-c7ccccc7)cccc56)c4)cccc32)cc1. The first-order valence-corrected chi connectivity index (χ1v) is 21.8. The van der Waals surface area contributed by atoms with Crippen LogP contribution in [0.2, 0.25) is 0 Å². The van der Waals surface area contributed by atoms with E-state index in [0.29, 0.717) is 0 Å². The van der Waals surface area contributed by atoms with Gasteiger partial charge in [-0.05, 0) is 97.6 Å². The Hall–Kier alpha value is -8.20. The van der Waals surface area contributed by atoms with Gasteiger partial charge in [0.25, 0.3) is 0 Å². The fraction of sp³-hybridized carbons (Fsp3) is 0.0164. The summed E-state index contributed by atoms with van der Waals surface area (Å²) in [7, 11) is 0. The van der Waals surface area contributed by atoms with Crippen LogP contribution in [0.5, 0.6) is 0 Å². The summed E-state index contributed by atoms with van der Waals surface area (Å²) in [5.74, 6) is 0. The molecule has 2 heteroatoms. The van der Waals surface area contributed by atoms with E-state index in [1.165, 1.54) is 55.6 Å². The van der Waals surface area contributed by atoms with E-state index in [2.05, 4.69) is 241 Å². The maximum atomic E-state index is 6.93. The van der Waals surface area contributed by atoms with Crippen molar-refractivity contribution in [3.05, 3.63) is 259 Å². The highest BCUT2D eigenvalue weighted by Crippen LogP contribution is 2.65. The quantitative estimate of drug-likeness (QED) is 0.167. The number of benzene rings is 10. The Bertz CT molecular complexity index is 3570. The molecule has 2 nitrogen and oxygen atoms in total. The van der Waals surface area contributed by atoms with Gasteiger partial charge in [0.05, 0.1) is 11.1 Å². The molecular formula is C61H39NO. The van der Waals surface area contributed by atoms with Gasteiger partial charge >= 0.3 is 0 Å². The van der Waals surface area contributed by atoms with E-state index in [9.17, 15) is 0 Å². The summed E-state index contributed by atoms with van der Waals surface area (Å²) in [5.41, 5.74) is 21.8. The molecule has 0 aliphatic heterocycles. The highest BCUT2D eigenvalue weighted by atomic mass is 16.3. The van der Waals surface area contributed by atoms with Crippen LogP contribution in [-0.2, 0) is 5.41 Å². The summed E-state index contributed by atoms with van der Waals surface area (Å²) in [6.45, 7) is 0. The molecule has 0 N–H and O–H groups in total. The fourth-order valence-corrected chi connectivity index (χ4v) is 10.9. The summed E-state index contributed by atoms with van der Waals surface area (Å²) >= 11 is 0. The number of para-hydroxylation sites is 3. The first-order valence-electron chi connectivity index (χ1n) is 21.8. The van der Waals surface area contributed by atoms with Crippen molar-refractivity contribution in [2.45, 2.75) is 5.41 Å². The molecule has 1 unspecified atom stereocenters. The van der Waals surface area contributed by atoms with Crippen LogP contribution in [0.15, 0.2) is 241 Å². The second-order valence-electron chi connectivity index (χ2n) is 16.7. The van der Waals surface area contributed by atoms with Crippen LogP contribution in [0.1, 0.15) is 22.3 Å². The fourth-order valence-electron chi connectivity index (χ4n) is 10.9. The predicted molar refractivity (Wildman–Crippen MR) is 261 cm³/mol. The lowest BCUT2D eigenvalue weighted by Gasteiger charge is -2.32. The van der Waals surface area contributed by atoms with Crippen LogP contribution < -0.4 is 4.90 Å². The van der Waals surface area contributed by atoms with Gasteiger partial charge in [0.2, 0.25) is 0 Å². The molecule has 0 amide bonds. The number of nitrogens with zero attached hydrogens (tertiary/aromatic N) is 1. The second kappa shape index (κ2) is 13.9. The van der Waals surface area contributed by atoms with Gasteiger partial charge in [0, 0.05) is 38.8 Å². The average molecular weight is 802 g/mol. The average Bonchev–Trinajstić information content (AvgIpc) is 3.99. The molecule has 1 spiro atoms. The number of hydrogen-bond acceptors (Lipinski definition) is 2. The molecule has 294 valence electrons. The zero-order valence-electron chi connectivity index (χ0n) is 34.4. The van der Waals surface area contributed by atoms with Gasteiger partial charge in [0.15, 0.2) is 0 Å². The highest BCUT2D eigenvalue weighted by molar-refractivity contribution is 6.13. The van der Waals surface area contributed by atoms with E-state index in [1.54, 1.807) is 0 Å². The van der Waals surface area contributed by atoms with Crippen LogP contribution in [-0.4, -0.2) is 0 Å². The Morgan fingerprint density at radius 3 is 1.54 bits per heavy atom. The molecule has 0 fully saturated rings. The van der Waals surface area contributed by atoms with Gasteiger partial charge in [0.1, 0.15) is 11.2 Å². The summed E-state index contributed by atoms with van der Waals surface area (Å²) in [6, 6.07) is 86.3. The summed E-state index contributed by atoms with van der Waals surface area (Å²) in [6.07, 6.45) is 0. The van der Waals surface area contributed by atoms with E-state index in [-0.39, 0.29) is 0 Å². The van der Waals surface area contributed by atoms with Crippen LogP contribution in [0.3, 0.4) is 0 Å². The molecule has 0 saturated carbocycles. The number of anilines is 3. The number of hydrogen-bond donors (Lipinski definition) is 0. The Labute approximate surface area is 366 Å². The van der Waals surface area contributed by atoms with Gasteiger partial charge in [-0.15, -0.1) is 0 Å². The molecule has 2 aliphatic rings. The molecule has 1 atom stereocenters. The van der Waals surface area contributed by atoms with Crippen LogP contribution in [0, 0.1) is 0 Å². The summed E-state index contributed by atoms with van der Waals surface area (Å²) < 4.78 is 6.93. The number of rotatable bonds is 6. The minimum absolute atomic E-state index is 0.502. The Balaban J connectivity index is 1.03. The normalized spacial score (nSPS) is 14.4. The number of furan rings is 1. The van der Waals surface area contributed by atoms with Crippen molar-refractivity contribution < 1.29 is 4.42 Å². The molecule has 0 bridgehead atoms. The van der Waals surface area contributed by atoms with Crippen LogP contribution in [0.25, 0.3) is 77.6 Å². The lowest BCUT2D eigenvalue weighted by molar-refractivity contribution is 0.671. The third-order valence-electron chi connectivity index (χ3n) is 13.5. The van der Waals surface area contributed by atoms with Crippen molar-refractivity contribution in [3.63, 3.8) is 0 Å². The third-order valence-corrected chi connectivity index (χ3v) is 13.5. The smallest absolute Gasteiger partial charge is 0.143 e. The molecule has 1 aromatic heterocycles. The highest BCUT2D eigenvalue weighted by Gasteiger charge is 2.52. The molecular weight excluding hydrogens is 763 g/mol. The maximum Gasteiger partial charge on any atom is 0.143 e. The van der Waals surface area contributed by atoms with E-state index < -0.39 is 5.41 Å². The second-order valence-corrected chi connectivity index (χ2v) is 16.7. The predicted octanol–water partition coefficient (Wildman–Crippen LogP) is 16.4. The van der Waals surface area contributed by atoms with Crippen molar-refractivity contribution in [2.75, 3.05) is 4.90 Å². The van der Waals surface area contributed by atoms with Crippen molar-refractivity contribution >= 4 is 39.0 Å². The van der Waals surface area contributed by atoms with Crippen molar-refractivity contribution in [1.82, 2.24) is 0 Å². The van der Waals surface area contributed by atoms with Crippen LogP contribution >= 0.6 is 0 Å². The third kappa shape index (κ3) is 5.19. The minimum atomic E-state index is -0.502. The first-order chi connectivity index (χ1) is 31.3. The molecule has 10 aromatic carbocycles. The molecule has 2 aliphatic carbocycles.